The molecule has 1 heterocycles. The molecule has 1 fully saturated rings. The van der Waals surface area contributed by atoms with Gasteiger partial charge in [0.1, 0.15) is 17.1 Å². The van der Waals surface area contributed by atoms with Crippen LogP contribution in [0.2, 0.25) is 5.02 Å². The Morgan fingerprint density at radius 2 is 1.83 bits per heavy atom. The number of carbonyl (C=O) groups is 4. The zero-order chi connectivity index (χ0) is 25.8. The Morgan fingerprint density at radius 3 is 2.56 bits per heavy atom. The van der Waals surface area contributed by atoms with Crippen LogP contribution in [0.5, 0.6) is 5.75 Å². The van der Waals surface area contributed by atoms with Crippen molar-refractivity contribution in [2.75, 3.05) is 16.8 Å². The van der Waals surface area contributed by atoms with Crippen LogP contribution < -0.4 is 20.3 Å². The lowest BCUT2D eigenvalue weighted by Gasteiger charge is -2.26. The lowest BCUT2D eigenvalue weighted by molar-refractivity contribution is -0.122. The smallest absolute Gasteiger partial charge is 0.335 e. The summed E-state index contributed by atoms with van der Waals surface area (Å²) < 4.78 is 18.9. The largest absolute Gasteiger partial charge is 0.483 e. The van der Waals surface area contributed by atoms with Crippen LogP contribution in [0.3, 0.4) is 0 Å². The van der Waals surface area contributed by atoms with Gasteiger partial charge in [-0.2, -0.15) is 0 Å². The summed E-state index contributed by atoms with van der Waals surface area (Å²) in [7, 11) is 0. The molecule has 3 aromatic rings. The number of nitrogens with zero attached hydrogens (tertiary/aromatic N) is 1. The fourth-order valence-corrected chi connectivity index (χ4v) is 3.64. The molecule has 10 heteroatoms. The van der Waals surface area contributed by atoms with E-state index in [1.54, 1.807) is 12.1 Å². The van der Waals surface area contributed by atoms with Crippen molar-refractivity contribution in [1.82, 2.24) is 5.32 Å². The second-order valence-electron chi connectivity index (χ2n) is 7.82. The molecule has 1 saturated heterocycles. The van der Waals surface area contributed by atoms with E-state index in [1.807, 2.05) is 19.1 Å². The van der Waals surface area contributed by atoms with Crippen molar-refractivity contribution >= 4 is 52.8 Å². The van der Waals surface area contributed by atoms with Gasteiger partial charge in [-0.15, -0.1) is 0 Å². The average Bonchev–Trinajstić information content (AvgIpc) is 2.82. The van der Waals surface area contributed by atoms with E-state index < -0.39 is 29.6 Å². The number of hydrogen-bond acceptors (Lipinski definition) is 5. The summed E-state index contributed by atoms with van der Waals surface area (Å²) in [6, 6.07) is 15.4. The summed E-state index contributed by atoms with van der Waals surface area (Å²) in [5.41, 5.74) is 1.52. The molecule has 0 spiro atoms. The lowest BCUT2D eigenvalue weighted by Crippen LogP contribution is -2.54. The van der Waals surface area contributed by atoms with Crippen LogP contribution >= 0.6 is 11.6 Å². The van der Waals surface area contributed by atoms with E-state index in [4.69, 9.17) is 16.3 Å². The van der Waals surface area contributed by atoms with Gasteiger partial charge >= 0.3 is 6.03 Å². The number of aryl methyl sites for hydroxylation is 1. The molecular weight excluding hydrogens is 489 g/mol. The third kappa shape index (κ3) is 5.59. The Labute approximate surface area is 210 Å². The van der Waals surface area contributed by atoms with E-state index in [2.05, 4.69) is 10.6 Å². The number of halogens is 2. The molecule has 4 rings (SSSR count). The molecule has 36 heavy (non-hydrogen) atoms. The standard InChI is InChI=1S/C26H19ClFN3O5/c1-15-3-2-4-19(11-15)29-23(32)14-36-22-10-5-17(27)12-16(22)13-21-24(33)30-26(35)31(25(21)34)20-8-6-18(28)7-9-20/h2-13H,14H2,1H3,(H,29,32)(H,30,33,35)/b21-13+. The highest BCUT2D eigenvalue weighted by Crippen LogP contribution is 2.28. The van der Waals surface area contributed by atoms with Crippen molar-refractivity contribution in [2.24, 2.45) is 0 Å². The van der Waals surface area contributed by atoms with Gasteiger partial charge in [-0.1, -0.05) is 23.7 Å². The molecule has 1 aliphatic rings. The number of anilines is 2. The Kier molecular flexibility index (Phi) is 7.12. The molecule has 3 aromatic carbocycles. The molecule has 0 saturated carbocycles. The number of hydrogen-bond donors (Lipinski definition) is 2. The van der Waals surface area contributed by atoms with Gasteiger partial charge in [-0.3, -0.25) is 19.7 Å². The van der Waals surface area contributed by atoms with Crippen LogP contribution in [0, 0.1) is 12.7 Å². The highest BCUT2D eigenvalue weighted by molar-refractivity contribution is 6.39. The van der Waals surface area contributed by atoms with Gasteiger partial charge in [0.25, 0.3) is 17.7 Å². The van der Waals surface area contributed by atoms with Crippen LogP contribution in [0.1, 0.15) is 11.1 Å². The normalized spacial score (nSPS) is 14.6. The van der Waals surface area contributed by atoms with Crippen molar-refractivity contribution in [3.05, 3.63) is 94.3 Å². The molecule has 0 atom stereocenters. The molecule has 0 aromatic heterocycles. The predicted molar refractivity (Wildman–Crippen MR) is 132 cm³/mol. The van der Waals surface area contributed by atoms with E-state index in [9.17, 15) is 23.6 Å². The number of urea groups is 1. The molecule has 0 radical (unpaired) electrons. The highest BCUT2D eigenvalue weighted by atomic mass is 35.5. The minimum Gasteiger partial charge on any atom is -0.483 e. The van der Waals surface area contributed by atoms with Crippen molar-refractivity contribution < 1.29 is 28.3 Å². The van der Waals surface area contributed by atoms with E-state index in [0.717, 1.165) is 17.7 Å². The van der Waals surface area contributed by atoms with E-state index in [0.29, 0.717) is 10.6 Å². The van der Waals surface area contributed by atoms with Crippen LogP contribution in [0.4, 0.5) is 20.6 Å². The Morgan fingerprint density at radius 1 is 1.08 bits per heavy atom. The maximum Gasteiger partial charge on any atom is 0.335 e. The SMILES string of the molecule is Cc1cccc(NC(=O)COc2ccc(Cl)cc2/C=C2\C(=O)NC(=O)N(c3ccc(F)cc3)C2=O)c1. The predicted octanol–water partition coefficient (Wildman–Crippen LogP) is 4.47. The molecule has 0 unspecified atom stereocenters. The van der Waals surface area contributed by atoms with Gasteiger partial charge in [0, 0.05) is 16.3 Å². The Bertz CT molecular complexity index is 1400. The second kappa shape index (κ2) is 10.4. The fraction of sp³-hybridized carbons (Fsp3) is 0.0769. The second-order valence-corrected chi connectivity index (χ2v) is 8.26. The summed E-state index contributed by atoms with van der Waals surface area (Å²) in [4.78, 5) is 51.0. The molecule has 2 N–H and O–H groups in total. The number of barbiturate groups is 1. The van der Waals surface area contributed by atoms with Crippen LogP contribution in [-0.4, -0.2) is 30.4 Å². The number of carbonyl (C=O) groups excluding carboxylic acids is 4. The zero-order valence-electron chi connectivity index (χ0n) is 18.9. The fourth-order valence-electron chi connectivity index (χ4n) is 3.46. The third-order valence-corrected chi connectivity index (χ3v) is 5.35. The summed E-state index contributed by atoms with van der Waals surface area (Å²) >= 11 is 6.11. The summed E-state index contributed by atoms with van der Waals surface area (Å²) in [5.74, 6) is -2.64. The maximum absolute atomic E-state index is 13.3. The Balaban J connectivity index is 1.58. The van der Waals surface area contributed by atoms with Crippen LogP contribution in [0.15, 0.2) is 72.3 Å². The number of nitrogens with one attached hydrogen (secondary N) is 2. The summed E-state index contributed by atoms with van der Waals surface area (Å²) in [6.45, 7) is 1.54. The van der Waals surface area contributed by atoms with E-state index in [1.165, 1.54) is 36.4 Å². The Hall–Kier alpha value is -4.50. The van der Waals surface area contributed by atoms with Gasteiger partial charge in [-0.05, 0) is 73.2 Å². The topological polar surface area (TPSA) is 105 Å². The lowest BCUT2D eigenvalue weighted by atomic mass is 10.1. The number of ether oxygens (including phenoxy) is 1. The molecule has 0 aliphatic carbocycles. The van der Waals surface area contributed by atoms with E-state index in [-0.39, 0.29) is 34.2 Å². The number of rotatable bonds is 6. The van der Waals surface area contributed by atoms with Gasteiger partial charge in [0.15, 0.2) is 6.61 Å². The first-order chi connectivity index (χ1) is 17.2. The van der Waals surface area contributed by atoms with Crippen molar-refractivity contribution in [1.29, 1.82) is 0 Å². The molecule has 1 aliphatic heterocycles. The van der Waals surface area contributed by atoms with Gasteiger partial charge in [-0.25, -0.2) is 14.1 Å². The zero-order valence-corrected chi connectivity index (χ0v) is 19.6. The van der Waals surface area contributed by atoms with Crippen LogP contribution in [-0.2, 0) is 14.4 Å². The first-order valence-corrected chi connectivity index (χ1v) is 11.0. The molecule has 5 amide bonds. The first-order valence-electron chi connectivity index (χ1n) is 10.7. The first kappa shape index (κ1) is 24.6. The molecular formula is C26H19ClFN3O5. The monoisotopic (exact) mass is 507 g/mol. The third-order valence-electron chi connectivity index (χ3n) is 5.12. The van der Waals surface area contributed by atoms with E-state index >= 15 is 0 Å². The minimum atomic E-state index is -0.968. The van der Waals surface area contributed by atoms with Crippen LogP contribution in [0.25, 0.3) is 6.08 Å². The number of benzene rings is 3. The maximum atomic E-state index is 13.3. The molecule has 8 nitrogen and oxygen atoms in total. The number of amides is 5. The van der Waals surface area contributed by atoms with Crippen molar-refractivity contribution in [3.8, 4) is 5.75 Å². The van der Waals surface area contributed by atoms with Gasteiger partial charge in [0.05, 0.1) is 5.69 Å². The van der Waals surface area contributed by atoms with Crippen molar-refractivity contribution in [3.63, 3.8) is 0 Å². The summed E-state index contributed by atoms with van der Waals surface area (Å²) in [6.07, 6.45) is 1.21. The average molecular weight is 508 g/mol. The van der Waals surface area contributed by atoms with Crippen molar-refractivity contribution in [2.45, 2.75) is 6.92 Å². The minimum absolute atomic E-state index is 0.0766. The highest BCUT2D eigenvalue weighted by Gasteiger charge is 2.37. The summed E-state index contributed by atoms with van der Waals surface area (Å²) in [5, 5.41) is 5.09. The van der Waals surface area contributed by atoms with Gasteiger partial charge < -0.3 is 10.1 Å². The quantitative estimate of drug-likeness (QED) is 0.378. The number of imide groups is 2. The molecule has 182 valence electrons. The van der Waals surface area contributed by atoms with Gasteiger partial charge in [0.2, 0.25) is 0 Å². The molecule has 0 bridgehead atoms.